The predicted octanol–water partition coefficient (Wildman–Crippen LogP) is 0.505. The van der Waals surface area contributed by atoms with E-state index in [0.29, 0.717) is 12.5 Å². The first-order valence-corrected chi connectivity index (χ1v) is 6.26. The fourth-order valence-electron chi connectivity index (χ4n) is 3.01. The second-order valence-corrected chi connectivity index (χ2v) is 5.85. The first-order chi connectivity index (χ1) is 7.54. The van der Waals surface area contributed by atoms with Crippen LogP contribution >= 0.6 is 0 Å². The standard InChI is InChI=1S/C12H20N2O2/c1-11(5-2-6-16-11)10(15)14-7-12(13,8-14)9-3-4-9/h9H,2-8,13H2,1H3. The van der Waals surface area contributed by atoms with Gasteiger partial charge in [0.25, 0.3) is 5.91 Å². The van der Waals surface area contributed by atoms with Crippen LogP contribution in [0.15, 0.2) is 0 Å². The number of rotatable bonds is 2. The molecule has 2 N–H and O–H groups in total. The number of carbonyl (C=O) groups is 1. The lowest BCUT2D eigenvalue weighted by molar-refractivity contribution is -0.159. The van der Waals surface area contributed by atoms with Gasteiger partial charge in [-0.1, -0.05) is 0 Å². The molecule has 0 aromatic carbocycles. The van der Waals surface area contributed by atoms with E-state index in [-0.39, 0.29) is 11.4 Å². The molecule has 2 heterocycles. The molecule has 1 aliphatic carbocycles. The molecule has 0 bridgehead atoms. The molecule has 0 spiro atoms. The maximum atomic E-state index is 12.2. The highest BCUT2D eigenvalue weighted by Gasteiger charge is 2.54. The molecule has 0 radical (unpaired) electrons. The Balaban J connectivity index is 1.61. The highest BCUT2D eigenvalue weighted by atomic mass is 16.5. The van der Waals surface area contributed by atoms with E-state index in [1.54, 1.807) is 0 Å². The minimum absolute atomic E-state index is 0.0787. The normalized spacial score (nSPS) is 37.2. The molecule has 3 aliphatic rings. The van der Waals surface area contributed by atoms with Gasteiger partial charge in [0.05, 0.1) is 5.54 Å². The Morgan fingerprint density at radius 1 is 1.44 bits per heavy atom. The second-order valence-electron chi connectivity index (χ2n) is 5.85. The molecule has 4 nitrogen and oxygen atoms in total. The maximum absolute atomic E-state index is 12.2. The van der Waals surface area contributed by atoms with Crippen LogP contribution in [-0.4, -0.2) is 41.6 Å². The first-order valence-electron chi connectivity index (χ1n) is 6.26. The van der Waals surface area contributed by atoms with Crippen LogP contribution in [0.25, 0.3) is 0 Å². The Morgan fingerprint density at radius 2 is 2.12 bits per heavy atom. The molecule has 1 unspecified atom stereocenters. The molecule has 3 fully saturated rings. The van der Waals surface area contributed by atoms with Gasteiger partial charge < -0.3 is 15.4 Å². The topological polar surface area (TPSA) is 55.6 Å². The smallest absolute Gasteiger partial charge is 0.254 e. The number of ether oxygens (including phenoxy) is 1. The minimum Gasteiger partial charge on any atom is -0.365 e. The third-order valence-electron chi connectivity index (χ3n) is 4.32. The zero-order valence-corrected chi connectivity index (χ0v) is 9.87. The van der Waals surface area contributed by atoms with Gasteiger partial charge in [0.2, 0.25) is 0 Å². The summed E-state index contributed by atoms with van der Waals surface area (Å²) in [7, 11) is 0. The van der Waals surface area contributed by atoms with Crippen molar-refractivity contribution in [2.75, 3.05) is 19.7 Å². The number of hydrogen-bond donors (Lipinski definition) is 1. The average Bonchev–Trinajstić information content (AvgIpc) is 2.97. The van der Waals surface area contributed by atoms with Crippen molar-refractivity contribution in [3.63, 3.8) is 0 Å². The Hall–Kier alpha value is -0.610. The van der Waals surface area contributed by atoms with Crippen LogP contribution in [0.1, 0.15) is 32.6 Å². The fraction of sp³-hybridized carbons (Fsp3) is 0.917. The van der Waals surface area contributed by atoms with Gasteiger partial charge >= 0.3 is 0 Å². The summed E-state index contributed by atoms with van der Waals surface area (Å²) < 4.78 is 5.57. The fourth-order valence-corrected chi connectivity index (χ4v) is 3.01. The molecule has 0 aromatic rings. The molecule has 1 atom stereocenters. The molecule has 90 valence electrons. The SMILES string of the molecule is CC1(C(=O)N2CC(N)(C3CC3)C2)CCCO1. The Bertz CT molecular complexity index is 313. The van der Waals surface area contributed by atoms with E-state index in [1.807, 2.05) is 11.8 Å². The zero-order chi connectivity index (χ0) is 11.4. The van der Waals surface area contributed by atoms with Gasteiger partial charge in [-0.2, -0.15) is 0 Å². The van der Waals surface area contributed by atoms with Gasteiger partial charge in [-0.3, -0.25) is 4.79 Å². The molecule has 4 heteroatoms. The molecule has 2 saturated heterocycles. The number of amides is 1. The summed E-state index contributed by atoms with van der Waals surface area (Å²) in [6.07, 6.45) is 4.33. The molecule has 16 heavy (non-hydrogen) atoms. The average molecular weight is 224 g/mol. The molecular formula is C12H20N2O2. The van der Waals surface area contributed by atoms with Gasteiger partial charge in [0, 0.05) is 19.7 Å². The van der Waals surface area contributed by atoms with E-state index in [2.05, 4.69) is 0 Å². The largest absolute Gasteiger partial charge is 0.365 e. The van der Waals surface area contributed by atoms with Gasteiger partial charge in [-0.15, -0.1) is 0 Å². The van der Waals surface area contributed by atoms with Crippen molar-refractivity contribution in [2.45, 2.75) is 43.7 Å². The summed E-state index contributed by atoms with van der Waals surface area (Å²) in [5.41, 5.74) is 5.60. The molecule has 0 aromatic heterocycles. The Morgan fingerprint density at radius 3 is 2.62 bits per heavy atom. The zero-order valence-electron chi connectivity index (χ0n) is 9.87. The Kier molecular flexibility index (Phi) is 2.11. The van der Waals surface area contributed by atoms with Crippen LogP contribution < -0.4 is 5.73 Å². The van der Waals surface area contributed by atoms with Gasteiger partial charge in [0.1, 0.15) is 5.60 Å². The van der Waals surface area contributed by atoms with E-state index in [0.717, 1.165) is 25.9 Å². The number of likely N-dealkylation sites (tertiary alicyclic amines) is 1. The van der Waals surface area contributed by atoms with Crippen molar-refractivity contribution in [3.8, 4) is 0 Å². The molecular weight excluding hydrogens is 204 g/mol. The molecule has 2 aliphatic heterocycles. The van der Waals surface area contributed by atoms with Gasteiger partial charge in [-0.25, -0.2) is 0 Å². The number of nitrogens with zero attached hydrogens (tertiary/aromatic N) is 1. The molecule has 1 amide bonds. The lowest BCUT2D eigenvalue weighted by Crippen LogP contribution is -2.72. The van der Waals surface area contributed by atoms with E-state index in [1.165, 1.54) is 12.8 Å². The highest BCUT2D eigenvalue weighted by Crippen LogP contribution is 2.44. The molecule has 3 rings (SSSR count). The van der Waals surface area contributed by atoms with Crippen LogP contribution in [0.5, 0.6) is 0 Å². The quantitative estimate of drug-likeness (QED) is 0.743. The first kappa shape index (κ1) is 10.5. The van der Waals surface area contributed by atoms with Crippen LogP contribution in [-0.2, 0) is 9.53 Å². The van der Waals surface area contributed by atoms with Crippen molar-refractivity contribution >= 4 is 5.91 Å². The van der Waals surface area contributed by atoms with E-state index in [9.17, 15) is 4.79 Å². The van der Waals surface area contributed by atoms with Crippen LogP contribution in [0.4, 0.5) is 0 Å². The lowest BCUT2D eigenvalue weighted by Gasteiger charge is -2.50. The summed E-state index contributed by atoms with van der Waals surface area (Å²) in [4.78, 5) is 14.1. The highest BCUT2D eigenvalue weighted by molar-refractivity contribution is 5.86. The van der Waals surface area contributed by atoms with E-state index >= 15 is 0 Å². The number of carbonyl (C=O) groups excluding carboxylic acids is 1. The van der Waals surface area contributed by atoms with E-state index < -0.39 is 5.60 Å². The van der Waals surface area contributed by atoms with Crippen LogP contribution in [0.2, 0.25) is 0 Å². The summed E-state index contributed by atoms with van der Waals surface area (Å²) in [6, 6.07) is 0. The van der Waals surface area contributed by atoms with Crippen molar-refractivity contribution in [1.29, 1.82) is 0 Å². The summed E-state index contributed by atoms with van der Waals surface area (Å²) in [5.74, 6) is 0.806. The van der Waals surface area contributed by atoms with Gasteiger partial charge in [0.15, 0.2) is 0 Å². The monoisotopic (exact) mass is 224 g/mol. The summed E-state index contributed by atoms with van der Waals surface area (Å²) >= 11 is 0. The van der Waals surface area contributed by atoms with E-state index in [4.69, 9.17) is 10.5 Å². The number of hydrogen-bond acceptors (Lipinski definition) is 3. The van der Waals surface area contributed by atoms with Crippen molar-refractivity contribution in [1.82, 2.24) is 4.90 Å². The lowest BCUT2D eigenvalue weighted by atomic mass is 9.84. The van der Waals surface area contributed by atoms with Crippen LogP contribution in [0.3, 0.4) is 0 Å². The summed E-state index contributed by atoms with van der Waals surface area (Å²) in [5, 5.41) is 0. The summed E-state index contributed by atoms with van der Waals surface area (Å²) in [6.45, 7) is 4.09. The number of nitrogens with two attached hydrogens (primary N) is 1. The van der Waals surface area contributed by atoms with Crippen LogP contribution in [0, 0.1) is 5.92 Å². The third kappa shape index (κ3) is 1.47. The van der Waals surface area contributed by atoms with Gasteiger partial charge in [-0.05, 0) is 38.5 Å². The second kappa shape index (κ2) is 3.20. The maximum Gasteiger partial charge on any atom is 0.254 e. The van der Waals surface area contributed by atoms with Crippen molar-refractivity contribution < 1.29 is 9.53 Å². The van der Waals surface area contributed by atoms with Crippen molar-refractivity contribution in [3.05, 3.63) is 0 Å². The predicted molar refractivity (Wildman–Crippen MR) is 59.8 cm³/mol. The minimum atomic E-state index is -0.565. The third-order valence-corrected chi connectivity index (χ3v) is 4.32. The Labute approximate surface area is 96.1 Å². The van der Waals surface area contributed by atoms with Crippen molar-refractivity contribution in [2.24, 2.45) is 11.7 Å². The molecule has 1 saturated carbocycles.